The molecule has 0 saturated heterocycles. The number of aliphatic hydroxyl groups excluding tert-OH is 1. The zero-order valence-corrected chi connectivity index (χ0v) is 11.6. The molecule has 0 aliphatic heterocycles. The van der Waals surface area contributed by atoms with Gasteiger partial charge in [-0.15, -0.1) is 0 Å². The molecular formula is C13H15BrO4. The Morgan fingerprint density at radius 1 is 1.56 bits per heavy atom. The minimum absolute atomic E-state index is 0.454. The minimum atomic E-state index is -1.30. The van der Waals surface area contributed by atoms with Crippen molar-refractivity contribution in [2.24, 2.45) is 5.92 Å². The molecule has 0 amide bonds. The Kier molecular flexibility index (Phi) is 4.24. The van der Waals surface area contributed by atoms with Crippen LogP contribution in [-0.2, 0) is 9.53 Å². The molecule has 1 atom stereocenters. The predicted octanol–water partition coefficient (Wildman–Crippen LogP) is 2.44. The molecule has 0 aromatic heterocycles. The van der Waals surface area contributed by atoms with Gasteiger partial charge in [0.15, 0.2) is 6.10 Å². The Labute approximate surface area is 114 Å². The third kappa shape index (κ3) is 3.03. The molecule has 0 bridgehead atoms. The van der Waals surface area contributed by atoms with Gasteiger partial charge in [0, 0.05) is 5.56 Å². The second kappa shape index (κ2) is 5.71. The van der Waals surface area contributed by atoms with Crippen LogP contribution in [0.3, 0.4) is 0 Å². The first-order chi connectivity index (χ1) is 8.63. The van der Waals surface area contributed by atoms with Gasteiger partial charge in [-0.3, -0.25) is 0 Å². The second-order valence-corrected chi connectivity index (χ2v) is 5.13. The molecule has 1 saturated carbocycles. The first-order valence-corrected chi connectivity index (χ1v) is 6.60. The lowest BCUT2D eigenvalue weighted by Gasteiger charge is -2.14. The third-order valence-corrected chi connectivity index (χ3v) is 3.73. The lowest BCUT2D eigenvalue weighted by atomic mass is 10.1. The van der Waals surface area contributed by atoms with Gasteiger partial charge in [0.05, 0.1) is 18.2 Å². The molecule has 4 nitrogen and oxygen atoms in total. The lowest BCUT2D eigenvalue weighted by molar-refractivity contribution is -0.150. The van der Waals surface area contributed by atoms with Gasteiger partial charge in [0.2, 0.25) is 0 Å². The van der Waals surface area contributed by atoms with E-state index in [2.05, 4.69) is 20.7 Å². The van der Waals surface area contributed by atoms with Crippen LogP contribution in [0.15, 0.2) is 22.7 Å². The van der Waals surface area contributed by atoms with E-state index in [0.29, 0.717) is 28.3 Å². The molecule has 18 heavy (non-hydrogen) atoms. The van der Waals surface area contributed by atoms with Crippen LogP contribution in [0.25, 0.3) is 0 Å². The number of esters is 1. The Balaban J connectivity index is 2.14. The van der Waals surface area contributed by atoms with Crippen molar-refractivity contribution in [1.29, 1.82) is 0 Å². The van der Waals surface area contributed by atoms with E-state index in [0.717, 1.165) is 0 Å². The highest BCUT2D eigenvalue weighted by atomic mass is 79.9. The number of carbonyl (C=O) groups excluding carboxylic acids is 1. The second-order valence-electron chi connectivity index (χ2n) is 4.34. The van der Waals surface area contributed by atoms with Crippen LogP contribution in [-0.4, -0.2) is 24.8 Å². The average Bonchev–Trinajstić information content (AvgIpc) is 3.20. The van der Waals surface area contributed by atoms with Gasteiger partial charge in [0.1, 0.15) is 5.75 Å². The molecule has 1 N–H and O–H groups in total. The molecule has 2 rings (SSSR count). The van der Waals surface area contributed by atoms with Crippen molar-refractivity contribution >= 4 is 21.9 Å². The molecule has 1 aliphatic carbocycles. The van der Waals surface area contributed by atoms with Gasteiger partial charge < -0.3 is 14.6 Å². The highest BCUT2D eigenvalue weighted by Gasteiger charge is 2.24. The summed E-state index contributed by atoms with van der Waals surface area (Å²) < 4.78 is 10.8. The first kappa shape index (κ1) is 13.4. The highest BCUT2D eigenvalue weighted by molar-refractivity contribution is 9.10. The maximum Gasteiger partial charge on any atom is 0.339 e. The largest absolute Gasteiger partial charge is 0.492 e. The highest BCUT2D eigenvalue weighted by Crippen LogP contribution is 2.35. The van der Waals surface area contributed by atoms with E-state index in [1.54, 1.807) is 18.2 Å². The Morgan fingerprint density at radius 3 is 2.89 bits per heavy atom. The molecule has 1 aliphatic rings. The number of methoxy groups -OCH3 is 1. The van der Waals surface area contributed by atoms with Crippen LogP contribution in [0, 0.1) is 5.92 Å². The first-order valence-electron chi connectivity index (χ1n) is 5.80. The van der Waals surface area contributed by atoms with E-state index in [1.807, 2.05) is 0 Å². The Hall–Kier alpha value is -1.07. The predicted molar refractivity (Wildman–Crippen MR) is 69.3 cm³/mol. The molecule has 1 aromatic carbocycles. The van der Waals surface area contributed by atoms with Crippen molar-refractivity contribution in [2.45, 2.75) is 18.9 Å². The zero-order valence-electron chi connectivity index (χ0n) is 10.1. The molecule has 1 fully saturated rings. The SMILES string of the molecule is COC(=O)C(O)c1cccc(OCC2CC2)c1Br. The monoisotopic (exact) mass is 314 g/mol. The standard InChI is InChI=1S/C13H15BrO4/c1-17-13(16)12(15)9-3-2-4-10(11(9)14)18-7-8-5-6-8/h2-4,8,12,15H,5-7H2,1H3. The van der Waals surface area contributed by atoms with E-state index in [-0.39, 0.29) is 0 Å². The molecule has 0 radical (unpaired) electrons. The fraction of sp³-hybridized carbons (Fsp3) is 0.462. The van der Waals surface area contributed by atoms with Crippen LogP contribution in [0.2, 0.25) is 0 Å². The van der Waals surface area contributed by atoms with Crippen LogP contribution in [0.4, 0.5) is 0 Å². The van der Waals surface area contributed by atoms with E-state index in [9.17, 15) is 9.90 Å². The summed E-state index contributed by atoms with van der Waals surface area (Å²) in [6.07, 6.45) is 1.12. The summed E-state index contributed by atoms with van der Waals surface area (Å²) in [7, 11) is 1.24. The van der Waals surface area contributed by atoms with Crippen molar-refractivity contribution in [3.8, 4) is 5.75 Å². The van der Waals surface area contributed by atoms with E-state index in [4.69, 9.17) is 4.74 Å². The van der Waals surface area contributed by atoms with Crippen molar-refractivity contribution in [1.82, 2.24) is 0 Å². The van der Waals surface area contributed by atoms with Gasteiger partial charge in [-0.25, -0.2) is 4.79 Å². The van der Waals surface area contributed by atoms with Crippen LogP contribution in [0.5, 0.6) is 5.75 Å². The molecule has 5 heteroatoms. The Bertz CT molecular complexity index is 443. The normalized spacial score (nSPS) is 16.2. The maximum absolute atomic E-state index is 11.3. The van der Waals surface area contributed by atoms with E-state index < -0.39 is 12.1 Å². The number of hydrogen-bond donors (Lipinski definition) is 1. The Morgan fingerprint density at radius 2 is 2.28 bits per heavy atom. The number of carbonyl (C=O) groups is 1. The van der Waals surface area contributed by atoms with Crippen LogP contribution < -0.4 is 4.74 Å². The van der Waals surface area contributed by atoms with E-state index in [1.165, 1.54) is 20.0 Å². The molecule has 1 aromatic rings. The van der Waals surface area contributed by atoms with Gasteiger partial charge in [-0.1, -0.05) is 12.1 Å². The molecular weight excluding hydrogens is 300 g/mol. The van der Waals surface area contributed by atoms with Crippen molar-refractivity contribution in [2.75, 3.05) is 13.7 Å². The number of benzene rings is 1. The quantitative estimate of drug-likeness (QED) is 0.848. The number of halogens is 1. The summed E-state index contributed by atoms with van der Waals surface area (Å²) in [5.41, 5.74) is 0.454. The van der Waals surface area contributed by atoms with Crippen molar-refractivity contribution < 1.29 is 19.4 Å². The summed E-state index contributed by atoms with van der Waals surface area (Å²) in [5, 5.41) is 9.82. The van der Waals surface area contributed by atoms with E-state index >= 15 is 0 Å². The van der Waals surface area contributed by atoms with Gasteiger partial charge in [-0.2, -0.15) is 0 Å². The maximum atomic E-state index is 11.3. The smallest absolute Gasteiger partial charge is 0.339 e. The fourth-order valence-corrected chi connectivity index (χ4v) is 2.18. The summed E-state index contributed by atoms with van der Waals surface area (Å²) in [4.78, 5) is 11.3. The summed E-state index contributed by atoms with van der Waals surface area (Å²) in [5.74, 6) is 0.600. The molecule has 0 heterocycles. The lowest BCUT2D eigenvalue weighted by Crippen LogP contribution is -2.14. The van der Waals surface area contributed by atoms with Gasteiger partial charge in [-0.05, 0) is 40.8 Å². The summed E-state index contributed by atoms with van der Waals surface area (Å²) in [6, 6.07) is 5.21. The van der Waals surface area contributed by atoms with Gasteiger partial charge in [0.25, 0.3) is 0 Å². The van der Waals surface area contributed by atoms with Crippen LogP contribution >= 0.6 is 15.9 Å². The fourth-order valence-electron chi connectivity index (χ4n) is 1.58. The topological polar surface area (TPSA) is 55.8 Å². The van der Waals surface area contributed by atoms with Gasteiger partial charge >= 0.3 is 5.97 Å². The number of ether oxygens (including phenoxy) is 2. The number of aliphatic hydroxyl groups is 1. The summed E-state index contributed by atoms with van der Waals surface area (Å²) >= 11 is 3.36. The van der Waals surface area contributed by atoms with Crippen LogP contribution in [0.1, 0.15) is 24.5 Å². The van der Waals surface area contributed by atoms with Crippen molar-refractivity contribution in [3.63, 3.8) is 0 Å². The molecule has 98 valence electrons. The number of hydrogen-bond acceptors (Lipinski definition) is 4. The zero-order chi connectivity index (χ0) is 13.1. The van der Waals surface area contributed by atoms with Crippen molar-refractivity contribution in [3.05, 3.63) is 28.2 Å². The third-order valence-electron chi connectivity index (χ3n) is 2.88. The molecule has 0 spiro atoms. The summed E-state index contributed by atoms with van der Waals surface area (Å²) in [6.45, 7) is 0.677. The molecule has 1 unspecified atom stereocenters. The number of rotatable bonds is 5. The average molecular weight is 315 g/mol. The minimum Gasteiger partial charge on any atom is -0.492 e.